The molecule has 0 saturated heterocycles. The lowest BCUT2D eigenvalue weighted by Crippen LogP contribution is -2.30. The van der Waals surface area contributed by atoms with Crippen molar-refractivity contribution in [2.45, 2.75) is 239 Å². The fourth-order valence-electron chi connectivity index (χ4n) is 6.91. The van der Waals surface area contributed by atoms with E-state index in [9.17, 15) is 14.4 Å². The van der Waals surface area contributed by atoms with Crippen LogP contribution in [0.1, 0.15) is 233 Å². The summed E-state index contributed by atoms with van der Waals surface area (Å²) in [7, 11) is 0. The first-order valence-corrected chi connectivity index (χ1v) is 26.3. The number of esters is 3. The van der Waals surface area contributed by atoms with E-state index >= 15 is 0 Å². The molecule has 1 unspecified atom stereocenters. The molecule has 364 valence electrons. The Labute approximate surface area is 394 Å². The van der Waals surface area contributed by atoms with Crippen molar-refractivity contribution in [2.75, 3.05) is 13.2 Å². The summed E-state index contributed by atoms with van der Waals surface area (Å²) in [5.41, 5.74) is 0. The fraction of sp³-hybridized carbons (Fsp3) is 0.672. The molecule has 0 aliphatic carbocycles. The number of carbonyl (C=O) groups excluding carboxylic acids is 3. The zero-order chi connectivity index (χ0) is 46.5. The van der Waals surface area contributed by atoms with E-state index in [2.05, 4.69) is 112 Å². The smallest absolute Gasteiger partial charge is 0.306 e. The molecule has 0 fully saturated rings. The van der Waals surface area contributed by atoms with E-state index in [4.69, 9.17) is 14.2 Å². The molecule has 0 aliphatic heterocycles. The average Bonchev–Trinajstić information content (AvgIpc) is 3.29. The van der Waals surface area contributed by atoms with E-state index in [1.54, 1.807) is 0 Å². The van der Waals surface area contributed by atoms with Gasteiger partial charge >= 0.3 is 17.9 Å². The van der Waals surface area contributed by atoms with Crippen LogP contribution in [0.4, 0.5) is 0 Å². The van der Waals surface area contributed by atoms with Crippen molar-refractivity contribution < 1.29 is 28.6 Å². The quantitative estimate of drug-likeness (QED) is 0.0199. The molecule has 6 nitrogen and oxygen atoms in total. The lowest BCUT2D eigenvalue weighted by molar-refractivity contribution is -0.166. The number of rotatable bonds is 46. The van der Waals surface area contributed by atoms with Crippen LogP contribution in [0.15, 0.2) is 97.2 Å². The highest BCUT2D eigenvalue weighted by Crippen LogP contribution is 2.13. The van der Waals surface area contributed by atoms with Gasteiger partial charge < -0.3 is 14.2 Å². The standard InChI is InChI=1S/C58H96O6/c1-4-7-10-13-16-19-22-25-27-28-29-31-33-36-39-42-45-48-51-57(60)63-54-55(53-62-56(59)50-47-44-41-38-35-32-24-21-18-15-12-9-6-3)64-58(61)52-49-46-43-40-37-34-30-26-23-20-17-14-11-8-5-2/h16-17,19-20,22-23,25-29,31-32,35,41,44,55H,4-15,18,21,24,30,33-34,36-40,42-43,45-54H2,1-3H3/b19-16-,20-17-,25-22-,26-23-,28-27-,31-29-,35-32-,44-41-. The van der Waals surface area contributed by atoms with Crippen LogP contribution in [-0.2, 0) is 28.6 Å². The van der Waals surface area contributed by atoms with Crippen molar-refractivity contribution in [2.24, 2.45) is 0 Å². The van der Waals surface area contributed by atoms with E-state index in [0.29, 0.717) is 19.3 Å². The molecule has 0 spiro atoms. The highest BCUT2D eigenvalue weighted by molar-refractivity contribution is 5.71. The molecule has 1 atom stereocenters. The van der Waals surface area contributed by atoms with E-state index < -0.39 is 6.10 Å². The maximum absolute atomic E-state index is 12.8. The summed E-state index contributed by atoms with van der Waals surface area (Å²) in [6.45, 7) is 6.47. The van der Waals surface area contributed by atoms with Crippen molar-refractivity contribution in [3.8, 4) is 0 Å². The van der Waals surface area contributed by atoms with Crippen molar-refractivity contribution >= 4 is 17.9 Å². The van der Waals surface area contributed by atoms with Gasteiger partial charge in [0.2, 0.25) is 0 Å². The van der Waals surface area contributed by atoms with Gasteiger partial charge in [-0.05, 0) is 89.9 Å². The Hall–Kier alpha value is -3.67. The topological polar surface area (TPSA) is 78.9 Å². The van der Waals surface area contributed by atoms with Crippen molar-refractivity contribution in [3.05, 3.63) is 97.2 Å². The van der Waals surface area contributed by atoms with Gasteiger partial charge in [-0.1, -0.05) is 221 Å². The van der Waals surface area contributed by atoms with Crippen LogP contribution in [0.3, 0.4) is 0 Å². The van der Waals surface area contributed by atoms with Crippen molar-refractivity contribution in [1.82, 2.24) is 0 Å². The van der Waals surface area contributed by atoms with Crippen LogP contribution in [0.5, 0.6) is 0 Å². The molecule has 0 saturated carbocycles. The number of ether oxygens (including phenoxy) is 3. The van der Waals surface area contributed by atoms with Gasteiger partial charge in [-0.15, -0.1) is 0 Å². The molecule has 64 heavy (non-hydrogen) atoms. The Bertz CT molecular complexity index is 1300. The molecule has 0 aromatic carbocycles. The molecule has 0 aromatic heterocycles. The predicted molar refractivity (Wildman–Crippen MR) is 274 cm³/mol. The first-order chi connectivity index (χ1) is 31.5. The molecule has 0 radical (unpaired) electrons. The Kier molecular flexibility index (Phi) is 49.0. The van der Waals surface area contributed by atoms with Crippen LogP contribution >= 0.6 is 0 Å². The minimum Gasteiger partial charge on any atom is -0.462 e. The van der Waals surface area contributed by atoms with Gasteiger partial charge in [0.05, 0.1) is 0 Å². The van der Waals surface area contributed by atoms with Gasteiger partial charge in [0, 0.05) is 19.3 Å². The third kappa shape index (κ3) is 49.3. The molecule has 0 rings (SSSR count). The SMILES string of the molecule is CCCCC\C=C/C=C\C=C/C=C\CCCCCCCC(=O)OCC(COC(=O)CC/C=C\C/C=C\CCCCCCCC)OC(=O)CCCCCCCC/C=C\C=C/CCCCC. The zero-order valence-corrected chi connectivity index (χ0v) is 41.5. The third-order valence-corrected chi connectivity index (χ3v) is 10.9. The molecule has 0 amide bonds. The number of allylic oxidation sites excluding steroid dienone is 16. The average molecular weight is 889 g/mol. The highest BCUT2D eigenvalue weighted by atomic mass is 16.6. The van der Waals surface area contributed by atoms with Gasteiger partial charge in [-0.25, -0.2) is 0 Å². The van der Waals surface area contributed by atoms with Crippen LogP contribution < -0.4 is 0 Å². The van der Waals surface area contributed by atoms with E-state index in [0.717, 1.165) is 89.9 Å². The molecule has 0 aliphatic rings. The molecular weight excluding hydrogens is 793 g/mol. The Morgan fingerprint density at radius 2 is 0.656 bits per heavy atom. The number of carbonyl (C=O) groups is 3. The molecular formula is C58H96O6. The summed E-state index contributed by atoms with van der Waals surface area (Å²) in [4.78, 5) is 38.0. The fourth-order valence-corrected chi connectivity index (χ4v) is 6.91. The van der Waals surface area contributed by atoms with Gasteiger partial charge in [0.15, 0.2) is 6.10 Å². The molecule has 0 N–H and O–H groups in total. The van der Waals surface area contributed by atoms with Crippen LogP contribution in [-0.4, -0.2) is 37.2 Å². The third-order valence-electron chi connectivity index (χ3n) is 10.9. The second-order valence-electron chi connectivity index (χ2n) is 17.2. The number of hydrogen-bond acceptors (Lipinski definition) is 6. The van der Waals surface area contributed by atoms with Crippen LogP contribution in [0.25, 0.3) is 0 Å². The normalized spacial score (nSPS) is 12.9. The van der Waals surface area contributed by atoms with Crippen molar-refractivity contribution in [3.63, 3.8) is 0 Å². The molecule has 0 heterocycles. The largest absolute Gasteiger partial charge is 0.462 e. The molecule has 0 bridgehead atoms. The summed E-state index contributed by atoms with van der Waals surface area (Å²) in [6.07, 6.45) is 68.2. The highest BCUT2D eigenvalue weighted by Gasteiger charge is 2.19. The maximum atomic E-state index is 12.8. The number of unbranched alkanes of at least 4 members (excludes halogenated alkanes) is 23. The zero-order valence-electron chi connectivity index (χ0n) is 41.5. The van der Waals surface area contributed by atoms with Gasteiger partial charge in [-0.3, -0.25) is 14.4 Å². The van der Waals surface area contributed by atoms with Crippen molar-refractivity contribution in [1.29, 1.82) is 0 Å². The summed E-state index contributed by atoms with van der Waals surface area (Å²) >= 11 is 0. The first-order valence-electron chi connectivity index (χ1n) is 26.3. The maximum Gasteiger partial charge on any atom is 0.306 e. The summed E-state index contributed by atoms with van der Waals surface area (Å²) in [5, 5.41) is 0. The van der Waals surface area contributed by atoms with Gasteiger partial charge in [-0.2, -0.15) is 0 Å². The monoisotopic (exact) mass is 889 g/mol. The Morgan fingerprint density at radius 3 is 1.14 bits per heavy atom. The number of hydrogen-bond donors (Lipinski definition) is 0. The molecule has 6 heteroatoms. The summed E-state index contributed by atoms with van der Waals surface area (Å²) < 4.78 is 16.7. The van der Waals surface area contributed by atoms with Gasteiger partial charge in [0.25, 0.3) is 0 Å². The van der Waals surface area contributed by atoms with Gasteiger partial charge in [0.1, 0.15) is 13.2 Å². The van der Waals surface area contributed by atoms with Crippen LogP contribution in [0, 0.1) is 0 Å². The summed E-state index contributed by atoms with van der Waals surface area (Å²) in [5.74, 6) is -1.02. The lowest BCUT2D eigenvalue weighted by Gasteiger charge is -2.18. The predicted octanol–water partition coefficient (Wildman–Crippen LogP) is 17.4. The van der Waals surface area contributed by atoms with E-state index in [-0.39, 0.29) is 37.5 Å². The Morgan fingerprint density at radius 1 is 0.328 bits per heavy atom. The summed E-state index contributed by atoms with van der Waals surface area (Å²) in [6, 6.07) is 0. The van der Waals surface area contributed by atoms with E-state index in [1.165, 1.54) is 96.3 Å². The minimum absolute atomic E-state index is 0.113. The second kappa shape index (κ2) is 52.0. The first kappa shape index (κ1) is 60.3. The second-order valence-corrected chi connectivity index (χ2v) is 17.2. The van der Waals surface area contributed by atoms with E-state index in [1.807, 2.05) is 6.08 Å². The minimum atomic E-state index is -0.817. The Balaban J connectivity index is 4.52. The molecule has 0 aromatic rings. The lowest BCUT2D eigenvalue weighted by atomic mass is 10.1. The van der Waals surface area contributed by atoms with Crippen LogP contribution in [0.2, 0.25) is 0 Å².